The monoisotopic (exact) mass is 300 g/mol. The second-order valence-corrected chi connectivity index (χ2v) is 6.37. The lowest BCUT2D eigenvalue weighted by Gasteiger charge is -2.24. The fourth-order valence-corrected chi connectivity index (χ4v) is 3.52. The molecule has 4 heteroatoms. The van der Waals surface area contributed by atoms with E-state index in [2.05, 4.69) is 5.32 Å². The van der Waals surface area contributed by atoms with E-state index in [-0.39, 0.29) is 24.3 Å². The maximum Gasteiger partial charge on any atom is 0.251 e. The van der Waals surface area contributed by atoms with Crippen LogP contribution in [0.3, 0.4) is 0 Å². The van der Waals surface area contributed by atoms with Gasteiger partial charge in [-0.3, -0.25) is 9.59 Å². The highest BCUT2D eigenvalue weighted by molar-refractivity contribution is 6.22. The van der Waals surface area contributed by atoms with Gasteiger partial charge < -0.3 is 5.32 Å². The zero-order chi connectivity index (χ0) is 15.4. The van der Waals surface area contributed by atoms with E-state index in [4.69, 9.17) is 0 Å². The summed E-state index contributed by atoms with van der Waals surface area (Å²) in [4.78, 5) is 26.1. The van der Waals surface area contributed by atoms with Crippen LogP contribution in [0.2, 0.25) is 0 Å². The van der Waals surface area contributed by atoms with Gasteiger partial charge in [-0.2, -0.15) is 0 Å². The summed E-state index contributed by atoms with van der Waals surface area (Å²) in [5.41, 5.74) is 0.680. The summed E-state index contributed by atoms with van der Waals surface area (Å²) in [5.74, 6) is -0.196. The van der Waals surface area contributed by atoms with Crippen LogP contribution in [0.4, 0.5) is 5.69 Å². The molecule has 1 aromatic rings. The molecule has 2 aliphatic rings. The number of anilines is 1. The van der Waals surface area contributed by atoms with Crippen LogP contribution in [0.1, 0.15) is 51.4 Å². The molecule has 1 aromatic carbocycles. The molecule has 0 unspecified atom stereocenters. The van der Waals surface area contributed by atoms with Gasteiger partial charge in [0.15, 0.2) is 0 Å². The quantitative estimate of drug-likeness (QED) is 0.873. The number of rotatable bonds is 3. The van der Waals surface area contributed by atoms with Crippen molar-refractivity contribution in [2.75, 3.05) is 4.90 Å². The molecule has 118 valence electrons. The summed E-state index contributed by atoms with van der Waals surface area (Å²) >= 11 is 0. The molecule has 1 aliphatic carbocycles. The van der Waals surface area contributed by atoms with Crippen LogP contribution in [0.25, 0.3) is 0 Å². The molecular weight excluding hydrogens is 276 g/mol. The van der Waals surface area contributed by atoms with Gasteiger partial charge in [0.25, 0.3) is 5.91 Å². The van der Waals surface area contributed by atoms with Crippen molar-refractivity contribution in [1.29, 1.82) is 0 Å². The molecule has 3 rings (SSSR count). The number of para-hydroxylation sites is 1. The molecule has 1 saturated heterocycles. The smallest absolute Gasteiger partial charge is 0.251 e. The SMILES string of the molecule is O=C1C[C@@H](NC2CCCCCCC2)C(=O)N1c1ccccc1. The third kappa shape index (κ3) is 3.38. The topological polar surface area (TPSA) is 49.4 Å². The summed E-state index contributed by atoms with van der Waals surface area (Å²) in [6.07, 6.45) is 8.84. The molecule has 1 heterocycles. The van der Waals surface area contributed by atoms with Crippen LogP contribution in [0, 0.1) is 0 Å². The van der Waals surface area contributed by atoms with Gasteiger partial charge in [0.2, 0.25) is 5.91 Å². The number of hydrogen-bond donors (Lipinski definition) is 1. The Balaban J connectivity index is 1.66. The summed E-state index contributed by atoms with van der Waals surface area (Å²) in [6.45, 7) is 0. The van der Waals surface area contributed by atoms with Crippen molar-refractivity contribution in [3.8, 4) is 0 Å². The standard InChI is InChI=1S/C18H24N2O2/c21-17-13-16(19-14-9-5-2-1-3-6-10-14)18(22)20(17)15-11-7-4-8-12-15/h4,7-8,11-12,14,16,19H,1-3,5-6,9-10,13H2/t16-/m1/s1. The molecule has 1 saturated carbocycles. The van der Waals surface area contributed by atoms with E-state index in [9.17, 15) is 9.59 Å². The van der Waals surface area contributed by atoms with Crippen LogP contribution in [0.5, 0.6) is 0 Å². The van der Waals surface area contributed by atoms with Crippen LogP contribution < -0.4 is 10.2 Å². The number of imide groups is 1. The van der Waals surface area contributed by atoms with Crippen molar-refractivity contribution in [1.82, 2.24) is 5.32 Å². The summed E-state index contributed by atoms with van der Waals surface area (Å²) in [6, 6.07) is 9.24. The largest absolute Gasteiger partial charge is 0.303 e. The molecule has 1 atom stereocenters. The van der Waals surface area contributed by atoms with Gasteiger partial charge in [-0.15, -0.1) is 0 Å². The first-order chi connectivity index (χ1) is 10.8. The molecule has 0 bridgehead atoms. The van der Waals surface area contributed by atoms with Crippen LogP contribution in [-0.2, 0) is 9.59 Å². The predicted molar refractivity (Wildman–Crippen MR) is 86.6 cm³/mol. The van der Waals surface area contributed by atoms with E-state index in [1.807, 2.05) is 30.3 Å². The first-order valence-corrected chi connectivity index (χ1v) is 8.43. The Morgan fingerprint density at radius 2 is 1.55 bits per heavy atom. The Hall–Kier alpha value is -1.68. The van der Waals surface area contributed by atoms with Gasteiger partial charge in [-0.1, -0.05) is 50.3 Å². The highest BCUT2D eigenvalue weighted by Gasteiger charge is 2.40. The molecule has 22 heavy (non-hydrogen) atoms. The average Bonchev–Trinajstić information content (AvgIpc) is 2.77. The minimum atomic E-state index is -0.350. The highest BCUT2D eigenvalue weighted by atomic mass is 16.2. The summed E-state index contributed by atoms with van der Waals surface area (Å²) in [5, 5.41) is 3.45. The maximum absolute atomic E-state index is 12.6. The molecule has 4 nitrogen and oxygen atoms in total. The van der Waals surface area contributed by atoms with E-state index in [1.54, 1.807) is 0 Å². The molecule has 1 aliphatic heterocycles. The van der Waals surface area contributed by atoms with E-state index in [0.29, 0.717) is 11.7 Å². The lowest BCUT2D eigenvalue weighted by Crippen LogP contribution is -2.44. The molecule has 2 fully saturated rings. The fraction of sp³-hybridized carbons (Fsp3) is 0.556. The Bertz CT molecular complexity index is 521. The van der Waals surface area contributed by atoms with Gasteiger partial charge in [0, 0.05) is 6.04 Å². The fourth-order valence-electron chi connectivity index (χ4n) is 3.52. The van der Waals surface area contributed by atoms with Crippen LogP contribution in [0.15, 0.2) is 30.3 Å². The third-order valence-corrected chi connectivity index (χ3v) is 4.70. The third-order valence-electron chi connectivity index (χ3n) is 4.70. The average molecular weight is 300 g/mol. The first-order valence-electron chi connectivity index (χ1n) is 8.43. The van der Waals surface area contributed by atoms with Crippen LogP contribution >= 0.6 is 0 Å². The van der Waals surface area contributed by atoms with Crippen molar-refractivity contribution >= 4 is 17.5 Å². The van der Waals surface area contributed by atoms with E-state index in [1.165, 1.54) is 37.0 Å². The summed E-state index contributed by atoms with van der Waals surface area (Å²) < 4.78 is 0. The lowest BCUT2D eigenvalue weighted by atomic mass is 9.96. The van der Waals surface area contributed by atoms with Gasteiger partial charge in [-0.05, 0) is 25.0 Å². The second-order valence-electron chi connectivity index (χ2n) is 6.37. The minimum Gasteiger partial charge on any atom is -0.303 e. The number of amides is 2. The lowest BCUT2D eigenvalue weighted by molar-refractivity contribution is -0.121. The van der Waals surface area contributed by atoms with Crippen molar-refractivity contribution < 1.29 is 9.59 Å². The van der Waals surface area contributed by atoms with Gasteiger partial charge in [0.1, 0.15) is 0 Å². The Morgan fingerprint density at radius 3 is 2.23 bits per heavy atom. The molecule has 2 amide bonds. The molecular formula is C18H24N2O2. The Kier molecular flexibility index (Phi) is 4.88. The molecule has 0 aromatic heterocycles. The van der Waals surface area contributed by atoms with Gasteiger partial charge in [-0.25, -0.2) is 4.90 Å². The van der Waals surface area contributed by atoms with Crippen molar-refractivity contribution in [3.05, 3.63) is 30.3 Å². The van der Waals surface area contributed by atoms with E-state index < -0.39 is 0 Å². The van der Waals surface area contributed by atoms with Crippen molar-refractivity contribution in [2.45, 2.75) is 63.5 Å². The normalized spacial score (nSPS) is 24.4. The second kappa shape index (κ2) is 7.05. The van der Waals surface area contributed by atoms with E-state index >= 15 is 0 Å². The first kappa shape index (κ1) is 15.2. The zero-order valence-electron chi connectivity index (χ0n) is 13.0. The van der Waals surface area contributed by atoms with Gasteiger partial charge >= 0.3 is 0 Å². The van der Waals surface area contributed by atoms with Crippen molar-refractivity contribution in [3.63, 3.8) is 0 Å². The van der Waals surface area contributed by atoms with Gasteiger partial charge in [0.05, 0.1) is 18.2 Å². The number of carbonyl (C=O) groups excluding carboxylic acids is 2. The number of nitrogens with zero attached hydrogens (tertiary/aromatic N) is 1. The molecule has 0 radical (unpaired) electrons. The minimum absolute atomic E-state index is 0.0976. The predicted octanol–water partition coefficient (Wildman–Crippen LogP) is 3.02. The Labute approximate surface area is 131 Å². The Morgan fingerprint density at radius 1 is 0.909 bits per heavy atom. The highest BCUT2D eigenvalue weighted by Crippen LogP contribution is 2.24. The molecule has 1 N–H and O–H groups in total. The zero-order valence-corrected chi connectivity index (χ0v) is 13.0. The van der Waals surface area contributed by atoms with E-state index in [0.717, 1.165) is 12.8 Å². The summed E-state index contributed by atoms with van der Waals surface area (Å²) in [7, 11) is 0. The number of hydrogen-bond acceptors (Lipinski definition) is 3. The van der Waals surface area contributed by atoms with Crippen molar-refractivity contribution in [2.24, 2.45) is 0 Å². The maximum atomic E-state index is 12.6. The number of benzene rings is 1. The molecule has 0 spiro atoms. The number of carbonyl (C=O) groups is 2. The van der Waals surface area contributed by atoms with Crippen LogP contribution in [-0.4, -0.2) is 23.9 Å². The number of nitrogens with one attached hydrogen (secondary N) is 1.